The van der Waals surface area contributed by atoms with Crippen LogP contribution in [0.5, 0.6) is 5.75 Å². The van der Waals surface area contributed by atoms with Crippen LogP contribution in [0, 0.1) is 5.41 Å². The molecule has 0 radical (unpaired) electrons. The fourth-order valence-corrected chi connectivity index (χ4v) is 3.42. The minimum absolute atomic E-state index is 0.0304. The highest BCUT2D eigenvalue weighted by Crippen LogP contribution is 2.49. The molecule has 2 rings (SSSR count). The molecule has 0 aliphatic heterocycles. The summed E-state index contributed by atoms with van der Waals surface area (Å²) in [6.07, 6.45) is 0.589. The van der Waals surface area contributed by atoms with Gasteiger partial charge in [0.25, 0.3) is 0 Å². The molecule has 0 aromatic heterocycles. The number of benzene rings is 1. The van der Waals surface area contributed by atoms with Gasteiger partial charge in [0.05, 0.1) is 13.2 Å². The Morgan fingerprint density at radius 2 is 1.92 bits per heavy atom. The third kappa shape index (κ3) is 3.53. The van der Waals surface area contributed by atoms with Gasteiger partial charge in [0, 0.05) is 30.4 Å². The van der Waals surface area contributed by atoms with E-state index in [-0.39, 0.29) is 22.8 Å². The number of hydrogen-bond acceptors (Lipinski definition) is 4. The zero-order valence-electron chi connectivity index (χ0n) is 16.3. The van der Waals surface area contributed by atoms with Gasteiger partial charge in [-0.15, -0.1) is 0 Å². The summed E-state index contributed by atoms with van der Waals surface area (Å²) >= 11 is 0. The Morgan fingerprint density at radius 3 is 2.40 bits per heavy atom. The number of nitrogens with two attached hydrogens (primary N) is 1. The average Bonchev–Trinajstić information content (AvgIpc) is 2.59. The lowest BCUT2D eigenvalue weighted by atomic mass is 9.54. The van der Waals surface area contributed by atoms with Gasteiger partial charge < -0.3 is 20.5 Å². The second kappa shape index (κ2) is 6.96. The zero-order chi connectivity index (χ0) is 18.9. The van der Waals surface area contributed by atoms with Crippen LogP contribution in [0.3, 0.4) is 0 Å². The highest BCUT2D eigenvalue weighted by atomic mass is 16.5. The van der Waals surface area contributed by atoms with Crippen molar-refractivity contribution in [2.24, 2.45) is 11.1 Å². The molecule has 3 N–H and O–H groups in total. The minimum atomic E-state index is -0.886. The fraction of sp³-hybridized carbons (Fsp3) is 0.650. The van der Waals surface area contributed by atoms with E-state index in [9.17, 15) is 4.79 Å². The molecule has 1 aromatic rings. The van der Waals surface area contributed by atoms with Gasteiger partial charge in [0.15, 0.2) is 0 Å². The maximum absolute atomic E-state index is 12.8. The van der Waals surface area contributed by atoms with Crippen LogP contribution in [-0.2, 0) is 14.9 Å². The van der Waals surface area contributed by atoms with E-state index in [0.717, 1.165) is 11.3 Å². The van der Waals surface area contributed by atoms with Gasteiger partial charge in [0.1, 0.15) is 11.3 Å². The summed E-state index contributed by atoms with van der Waals surface area (Å²) in [6.45, 7) is 11.3. The van der Waals surface area contributed by atoms with Crippen LogP contribution in [0.1, 0.15) is 46.6 Å². The van der Waals surface area contributed by atoms with Crippen LogP contribution in [0.4, 0.5) is 0 Å². The van der Waals surface area contributed by atoms with Gasteiger partial charge in [-0.2, -0.15) is 0 Å². The monoisotopic (exact) mass is 348 g/mol. The summed E-state index contributed by atoms with van der Waals surface area (Å²) in [5, 5.41) is 3.06. The first kappa shape index (κ1) is 19.7. The maximum Gasteiger partial charge on any atom is 0.240 e. The molecule has 1 fully saturated rings. The van der Waals surface area contributed by atoms with Gasteiger partial charge in [-0.25, -0.2) is 0 Å². The van der Waals surface area contributed by atoms with Gasteiger partial charge in [-0.05, 0) is 24.6 Å². The molecular formula is C20H32N2O3. The van der Waals surface area contributed by atoms with Crippen LogP contribution in [-0.4, -0.2) is 37.8 Å². The number of methoxy groups -OCH3 is 1. The Hall–Kier alpha value is -1.59. The van der Waals surface area contributed by atoms with Crippen LogP contribution in [0.15, 0.2) is 24.3 Å². The summed E-state index contributed by atoms with van der Waals surface area (Å²) in [5.74, 6) is 0.720. The van der Waals surface area contributed by atoms with E-state index in [4.69, 9.17) is 15.2 Å². The number of ether oxygens (including phenoxy) is 2. The van der Waals surface area contributed by atoms with E-state index in [0.29, 0.717) is 19.6 Å². The van der Waals surface area contributed by atoms with E-state index >= 15 is 0 Å². The number of nitrogens with one attached hydrogen (secondary N) is 1. The molecule has 1 aromatic carbocycles. The standard InChI is InChI=1S/C20H32N2O3/c1-7-25-16-12-20(21,19(16,4)5)17(23)22-13-18(2,3)14-8-10-15(24-6)11-9-14/h8-11,16H,7,12-13,21H2,1-6H3,(H,22,23). The molecule has 1 aliphatic carbocycles. The number of carbonyl (C=O) groups excluding carboxylic acids is 1. The molecule has 1 aliphatic rings. The first-order valence-corrected chi connectivity index (χ1v) is 8.92. The molecule has 0 bridgehead atoms. The summed E-state index contributed by atoms with van der Waals surface area (Å²) < 4.78 is 10.9. The molecule has 5 heteroatoms. The fourth-order valence-electron chi connectivity index (χ4n) is 3.42. The quantitative estimate of drug-likeness (QED) is 0.794. The highest BCUT2D eigenvalue weighted by Gasteiger charge is 2.62. The smallest absolute Gasteiger partial charge is 0.240 e. The van der Waals surface area contributed by atoms with E-state index in [1.165, 1.54) is 0 Å². The lowest BCUT2D eigenvalue weighted by Crippen LogP contribution is -2.76. The van der Waals surface area contributed by atoms with E-state index in [2.05, 4.69) is 19.2 Å². The molecular weight excluding hydrogens is 316 g/mol. The molecule has 2 unspecified atom stereocenters. The van der Waals surface area contributed by atoms with Crippen LogP contribution < -0.4 is 15.8 Å². The first-order chi connectivity index (χ1) is 11.6. The van der Waals surface area contributed by atoms with Crippen molar-refractivity contribution in [3.63, 3.8) is 0 Å². The van der Waals surface area contributed by atoms with Crippen LogP contribution in [0.25, 0.3) is 0 Å². The van der Waals surface area contributed by atoms with Crippen molar-refractivity contribution >= 4 is 5.91 Å². The Labute approximate surface area is 151 Å². The number of rotatable bonds is 7. The van der Waals surface area contributed by atoms with Gasteiger partial charge in [-0.1, -0.05) is 39.8 Å². The second-order valence-corrected chi connectivity index (χ2v) is 8.14. The van der Waals surface area contributed by atoms with Crippen LogP contribution in [0.2, 0.25) is 0 Å². The van der Waals surface area contributed by atoms with Crippen molar-refractivity contribution in [2.75, 3.05) is 20.3 Å². The van der Waals surface area contributed by atoms with Crippen LogP contribution >= 0.6 is 0 Å². The normalized spacial score (nSPS) is 25.2. The van der Waals surface area contributed by atoms with Gasteiger partial charge >= 0.3 is 0 Å². The van der Waals surface area contributed by atoms with E-state index in [1.54, 1.807) is 7.11 Å². The summed E-state index contributed by atoms with van der Waals surface area (Å²) in [6, 6.07) is 7.93. The van der Waals surface area contributed by atoms with Crippen molar-refractivity contribution in [3.05, 3.63) is 29.8 Å². The lowest BCUT2D eigenvalue weighted by molar-refractivity contribution is -0.170. The molecule has 1 amide bonds. The topological polar surface area (TPSA) is 73.6 Å². The van der Waals surface area contributed by atoms with Crippen molar-refractivity contribution in [1.82, 2.24) is 5.32 Å². The lowest BCUT2D eigenvalue weighted by Gasteiger charge is -2.57. The number of hydrogen-bond donors (Lipinski definition) is 2. The Bertz CT molecular complexity index is 610. The number of amides is 1. The first-order valence-electron chi connectivity index (χ1n) is 8.92. The molecule has 1 saturated carbocycles. The summed E-state index contributed by atoms with van der Waals surface area (Å²) in [5.41, 5.74) is 6.11. The third-order valence-electron chi connectivity index (χ3n) is 5.80. The van der Waals surface area contributed by atoms with Crippen molar-refractivity contribution in [1.29, 1.82) is 0 Å². The molecule has 25 heavy (non-hydrogen) atoms. The SMILES string of the molecule is CCOC1CC(N)(C(=O)NCC(C)(C)c2ccc(OC)cc2)C1(C)C. The maximum atomic E-state index is 12.8. The molecule has 0 saturated heterocycles. The van der Waals surface area contributed by atoms with Crippen molar-refractivity contribution < 1.29 is 14.3 Å². The Balaban J connectivity index is 2.01. The van der Waals surface area contributed by atoms with Gasteiger partial charge in [0.2, 0.25) is 5.91 Å². The third-order valence-corrected chi connectivity index (χ3v) is 5.80. The molecule has 5 nitrogen and oxygen atoms in total. The summed E-state index contributed by atoms with van der Waals surface area (Å²) in [4.78, 5) is 12.8. The second-order valence-electron chi connectivity index (χ2n) is 8.14. The predicted molar refractivity (Wildman–Crippen MR) is 99.8 cm³/mol. The molecule has 0 spiro atoms. The molecule has 2 atom stereocenters. The average molecular weight is 348 g/mol. The zero-order valence-corrected chi connectivity index (χ0v) is 16.3. The Morgan fingerprint density at radius 1 is 1.32 bits per heavy atom. The highest BCUT2D eigenvalue weighted by molar-refractivity contribution is 5.88. The van der Waals surface area contributed by atoms with Crippen molar-refractivity contribution in [3.8, 4) is 5.75 Å². The van der Waals surface area contributed by atoms with Gasteiger partial charge in [-0.3, -0.25) is 4.79 Å². The molecule has 0 heterocycles. The van der Waals surface area contributed by atoms with E-state index in [1.807, 2.05) is 45.0 Å². The Kier molecular flexibility index (Phi) is 5.50. The predicted octanol–water partition coefficient (Wildman–Crippen LogP) is 2.62. The molecule has 140 valence electrons. The summed E-state index contributed by atoms with van der Waals surface area (Å²) in [7, 11) is 1.65. The number of carbonyl (C=O) groups is 1. The minimum Gasteiger partial charge on any atom is -0.497 e. The van der Waals surface area contributed by atoms with E-state index < -0.39 is 5.54 Å². The van der Waals surface area contributed by atoms with Crippen molar-refractivity contribution in [2.45, 2.75) is 58.1 Å². The largest absolute Gasteiger partial charge is 0.497 e.